The van der Waals surface area contributed by atoms with Gasteiger partial charge in [-0.3, -0.25) is 9.78 Å². The molecule has 6 nitrogen and oxygen atoms in total. The number of ether oxygens (including phenoxy) is 1. The number of carbonyl (C=O) groups is 2. The van der Waals surface area contributed by atoms with Crippen LogP contribution in [-0.4, -0.2) is 38.8 Å². The Morgan fingerprint density at radius 2 is 1.81 bits per heavy atom. The van der Waals surface area contributed by atoms with E-state index in [1.54, 1.807) is 6.20 Å². The van der Waals surface area contributed by atoms with Crippen molar-refractivity contribution >= 4 is 11.9 Å². The fourth-order valence-electron chi connectivity index (χ4n) is 4.12. The van der Waals surface area contributed by atoms with Gasteiger partial charge in [-0.1, -0.05) is 30.3 Å². The molecule has 2 aliphatic rings. The molecule has 1 aromatic carbocycles. The number of carbonyl (C=O) groups excluding carboxylic acids is 2. The molecule has 0 spiro atoms. The molecule has 2 aromatic rings. The molecule has 3 heterocycles. The van der Waals surface area contributed by atoms with Gasteiger partial charge in [0.15, 0.2) is 5.78 Å². The Morgan fingerprint density at radius 3 is 2.46 bits per heavy atom. The smallest absolute Gasteiger partial charge is 0.410 e. The average Bonchev–Trinajstić information content (AvgIpc) is 2.96. The largest absolute Gasteiger partial charge is 0.445 e. The Bertz CT molecular complexity index is 767. The number of ketones is 1. The third-order valence-corrected chi connectivity index (χ3v) is 5.34. The highest BCUT2D eigenvalue weighted by Gasteiger charge is 2.46. The molecule has 0 radical (unpaired) electrons. The van der Waals surface area contributed by atoms with Crippen LogP contribution in [0.2, 0.25) is 0 Å². The molecular weight excluding hydrogens is 330 g/mol. The number of aromatic nitrogens is 2. The number of benzene rings is 1. The van der Waals surface area contributed by atoms with Crippen molar-refractivity contribution in [3.05, 3.63) is 60.2 Å². The molecule has 2 bridgehead atoms. The van der Waals surface area contributed by atoms with Crippen LogP contribution in [0.25, 0.3) is 0 Å². The lowest BCUT2D eigenvalue weighted by molar-refractivity contribution is 0.0483. The van der Waals surface area contributed by atoms with Gasteiger partial charge < -0.3 is 9.64 Å². The van der Waals surface area contributed by atoms with Gasteiger partial charge in [0.05, 0.1) is 6.20 Å². The maximum Gasteiger partial charge on any atom is 0.410 e. The topological polar surface area (TPSA) is 72.4 Å². The van der Waals surface area contributed by atoms with Crippen LogP contribution < -0.4 is 0 Å². The summed E-state index contributed by atoms with van der Waals surface area (Å²) in [6.45, 7) is 0.275. The minimum Gasteiger partial charge on any atom is -0.445 e. The molecule has 2 fully saturated rings. The monoisotopic (exact) mass is 351 g/mol. The van der Waals surface area contributed by atoms with E-state index < -0.39 is 0 Å². The molecule has 0 N–H and O–H groups in total. The maximum absolute atomic E-state index is 12.7. The Morgan fingerprint density at radius 1 is 1.08 bits per heavy atom. The van der Waals surface area contributed by atoms with E-state index in [0.29, 0.717) is 18.5 Å². The van der Waals surface area contributed by atoms with Crippen LogP contribution in [0.5, 0.6) is 0 Å². The maximum atomic E-state index is 12.7. The molecule has 2 aliphatic heterocycles. The number of nitrogens with zero attached hydrogens (tertiary/aromatic N) is 3. The molecule has 26 heavy (non-hydrogen) atoms. The molecule has 1 aromatic heterocycles. The summed E-state index contributed by atoms with van der Waals surface area (Å²) < 4.78 is 5.51. The molecule has 2 atom stereocenters. The van der Waals surface area contributed by atoms with Crippen LogP contribution in [0.15, 0.2) is 48.9 Å². The number of hydrogen-bond donors (Lipinski definition) is 0. The van der Waals surface area contributed by atoms with Gasteiger partial charge in [-0.25, -0.2) is 9.78 Å². The van der Waals surface area contributed by atoms with E-state index in [1.807, 2.05) is 35.2 Å². The SMILES string of the molecule is O=C(c1cnccn1)C1CC2CCC(C1)N2C(=O)OCc1ccccc1. The van der Waals surface area contributed by atoms with E-state index in [1.165, 1.54) is 12.4 Å². The predicted molar refractivity (Wildman–Crippen MR) is 94.4 cm³/mol. The first-order valence-electron chi connectivity index (χ1n) is 9.01. The normalized spacial score (nSPS) is 24.3. The van der Waals surface area contributed by atoms with Crippen molar-refractivity contribution in [1.29, 1.82) is 0 Å². The van der Waals surface area contributed by atoms with Crippen LogP contribution in [-0.2, 0) is 11.3 Å². The second kappa shape index (κ2) is 7.23. The second-order valence-corrected chi connectivity index (χ2v) is 6.96. The molecular formula is C20H21N3O3. The fourth-order valence-corrected chi connectivity index (χ4v) is 4.12. The van der Waals surface area contributed by atoms with Gasteiger partial charge in [-0.15, -0.1) is 0 Å². The molecule has 1 amide bonds. The predicted octanol–water partition coefficient (Wildman–Crippen LogP) is 3.24. The standard InChI is InChI=1S/C20H21N3O3/c24-19(18-12-21-8-9-22-18)15-10-16-6-7-17(11-15)23(16)20(25)26-13-14-4-2-1-3-5-14/h1-5,8-9,12,15-17H,6-7,10-11,13H2. The molecule has 134 valence electrons. The van der Waals surface area contributed by atoms with Gasteiger partial charge in [-0.2, -0.15) is 0 Å². The first-order valence-corrected chi connectivity index (χ1v) is 9.01. The summed E-state index contributed by atoms with van der Waals surface area (Å²) >= 11 is 0. The third-order valence-electron chi connectivity index (χ3n) is 5.34. The summed E-state index contributed by atoms with van der Waals surface area (Å²) in [7, 11) is 0. The van der Waals surface area contributed by atoms with Gasteiger partial charge in [-0.05, 0) is 31.2 Å². The van der Waals surface area contributed by atoms with Crippen molar-refractivity contribution in [3.8, 4) is 0 Å². The molecule has 4 rings (SSSR count). The van der Waals surface area contributed by atoms with Gasteiger partial charge in [0.1, 0.15) is 12.3 Å². The van der Waals surface area contributed by atoms with Crippen molar-refractivity contribution in [2.24, 2.45) is 5.92 Å². The van der Waals surface area contributed by atoms with E-state index in [-0.39, 0.29) is 36.5 Å². The van der Waals surface area contributed by atoms with Crippen molar-refractivity contribution in [1.82, 2.24) is 14.9 Å². The number of fused-ring (bicyclic) bond motifs is 2. The molecule has 0 aliphatic carbocycles. The van der Waals surface area contributed by atoms with Gasteiger partial charge in [0.25, 0.3) is 0 Å². The molecule has 0 saturated carbocycles. The summed E-state index contributed by atoms with van der Waals surface area (Å²) in [6, 6.07) is 9.81. The number of hydrogen-bond acceptors (Lipinski definition) is 5. The van der Waals surface area contributed by atoms with Gasteiger partial charge >= 0.3 is 6.09 Å². The summed E-state index contributed by atoms with van der Waals surface area (Å²) in [6.07, 6.45) is 7.55. The second-order valence-electron chi connectivity index (χ2n) is 6.96. The summed E-state index contributed by atoms with van der Waals surface area (Å²) in [5.74, 6) is -0.0605. The van der Waals surface area contributed by atoms with Gasteiger partial charge in [0, 0.05) is 30.4 Å². The molecule has 6 heteroatoms. The van der Waals surface area contributed by atoms with Crippen molar-refractivity contribution in [3.63, 3.8) is 0 Å². The molecule has 2 unspecified atom stereocenters. The summed E-state index contributed by atoms with van der Waals surface area (Å²) in [4.78, 5) is 35.2. The highest BCUT2D eigenvalue weighted by molar-refractivity contribution is 5.96. The van der Waals surface area contributed by atoms with Crippen LogP contribution in [0.1, 0.15) is 41.7 Å². The highest BCUT2D eigenvalue weighted by atomic mass is 16.6. The van der Waals surface area contributed by atoms with E-state index in [9.17, 15) is 9.59 Å². The first kappa shape index (κ1) is 16.7. The Hall–Kier alpha value is -2.76. The zero-order chi connectivity index (χ0) is 17.9. The van der Waals surface area contributed by atoms with E-state index >= 15 is 0 Å². The summed E-state index contributed by atoms with van der Waals surface area (Å²) in [5, 5.41) is 0. The van der Waals surface area contributed by atoms with Crippen LogP contribution in [0.4, 0.5) is 4.79 Å². The number of piperidine rings is 1. The zero-order valence-corrected chi connectivity index (χ0v) is 14.5. The number of amides is 1. The lowest BCUT2D eigenvalue weighted by Gasteiger charge is -2.37. The number of rotatable bonds is 4. The quantitative estimate of drug-likeness (QED) is 0.791. The van der Waals surface area contributed by atoms with E-state index in [2.05, 4.69) is 9.97 Å². The minimum absolute atomic E-state index is 0.0345. The van der Waals surface area contributed by atoms with Crippen LogP contribution in [0.3, 0.4) is 0 Å². The van der Waals surface area contributed by atoms with Crippen LogP contribution >= 0.6 is 0 Å². The van der Waals surface area contributed by atoms with E-state index in [0.717, 1.165) is 18.4 Å². The minimum atomic E-state index is -0.272. The Kier molecular flexibility index (Phi) is 4.65. The average molecular weight is 351 g/mol. The highest BCUT2D eigenvalue weighted by Crippen LogP contribution is 2.40. The fraction of sp³-hybridized carbons (Fsp3) is 0.400. The van der Waals surface area contributed by atoms with Crippen LogP contribution in [0, 0.1) is 5.92 Å². The van der Waals surface area contributed by atoms with Crippen molar-refractivity contribution in [2.75, 3.05) is 0 Å². The van der Waals surface area contributed by atoms with Crippen molar-refractivity contribution in [2.45, 2.75) is 44.4 Å². The Labute approximate surface area is 152 Å². The third kappa shape index (κ3) is 3.31. The van der Waals surface area contributed by atoms with Crippen molar-refractivity contribution < 1.29 is 14.3 Å². The lowest BCUT2D eigenvalue weighted by Crippen LogP contribution is -2.48. The number of Topliss-reactive ketones (excluding diaryl/α,β-unsaturated/α-hetero) is 1. The first-order chi connectivity index (χ1) is 12.7. The Balaban J connectivity index is 1.39. The zero-order valence-electron chi connectivity index (χ0n) is 14.5. The van der Waals surface area contributed by atoms with E-state index in [4.69, 9.17) is 4.74 Å². The summed E-state index contributed by atoms with van der Waals surface area (Å²) in [5.41, 5.74) is 1.39. The molecule has 2 saturated heterocycles. The lowest BCUT2D eigenvalue weighted by atomic mass is 9.86. The van der Waals surface area contributed by atoms with Gasteiger partial charge in [0.2, 0.25) is 0 Å².